The summed E-state index contributed by atoms with van der Waals surface area (Å²) in [4.78, 5) is 9.64. The van der Waals surface area contributed by atoms with E-state index >= 15 is 0 Å². The van der Waals surface area contributed by atoms with Crippen molar-refractivity contribution in [3.8, 4) is 0 Å². The van der Waals surface area contributed by atoms with Gasteiger partial charge in [-0.05, 0) is 24.7 Å². The zero-order valence-corrected chi connectivity index (χ0v) is 14.4. The van der Waals surface area contributed by atoms with Crippen molar-refractivity contribution in [2.75, 3.05) is 32.7 Å². The molecule has 1 aliphatic carbocycles. The average Bonchev–Trinajstić information content (AvgIpc) is 3.13. The van der Waals surface area contributed by atoms with Gasteiger partial charge in [0, 0.05) is 52.0 Å². The Labute approximate surface area is 135 Å². The first kappa shape index (κ1) is 16.0. The van der Waals surface area contributed by atoms with Gasteiger partial charge < -0.3 is 9.47 Å². The molecule has 0 aromatic carbocycles. The molecule has 124 valence electrons. The van der Waals surface area contributed by atoms with Crippen molar-refractivity contribution >= 4 is 0 Å². The van der Waals surface area contributed by atoms with E-state index in [0.717, 1.165) is 19.0 Å². The molecular formula is C18H32N4. The van der Waals surface area contributed by atoms with Gasteiger partial charge in [0.15, 0.2) is 0 Å². The fourth-order valence-corrected chi connectivity index (χ4v) is 3.95. The topological polar surface area (TPSA) is 24.3 Å². The third-order valence-electron chi connectivity index (χ3n) is 5.20. The molecule has 2 heterocycles. The number of rotatable bonds is 6. The molecule has 0 radical (unpaired) electrons. The van der Waals surface area contributed by atoms with Gasteiger partial charge in [-0.1, -0.05) is 26.7 Å². The van der Waals surface area contributed by atoms with Crippen LogP contribution in [0.3, 0.4) is 0 Å². The van der Waals surface area contributed by atoms with E-state index in [9.17, 15) is 0 Å². The Bertz CT molecular complexity index is 440. The second-order valence-electron chi connectivity index (χ2n) is 7.66. The summed E-state index contributed by atoms with van der Waals surface area (Å²) in [6, 6.07) is 0. The molecule has 2 fully saturated rings. The summed E-state index contributed by atoms with van der Waals surface area (Å²) in [6.45, 7) is 12.9. The van der Waals surface area contributed by atoms with Crippen LogP contribution in [0.5, 0.6) is 0 Å². The van der Waals surface area contributed by atoms with Crippen LogP contribution in [0.25, 0.3) is 0 Å². The predicted molar refractivity (Wildman–Crippen MR) is 90.7 cm³/mol. The van der Waals surface area contributed by atoms with Crippen LogP contribution in [-0.2, 0) is 13.1 Å². The molecule has 0 amide bonds. The molecule has 1 saturated carbocycles. The molecule has 3 rings (SSSR count). The van der Waals surface area contributed by atoms with E-state index in [0.29, 0.717) is 5.92 Å². The molecule has 1 aliphatic heterocycles. The lowest BCUT2D eigenvalue weighted by molar-refractivity contribution is 0.112. The molecule has 4 heteroatoms. The van der Waals surface area contributed by atoms with Gasteiger partial charge in [-0.15, -0.1) is 0 Å². The molecule has 2 aliphatic rings. The maximum absolute atomic E-state index is 4.35. The Hall–Kier alpha value is -0.870. The van der Waals surface area contributed by atoms with Gasteiger partial charge in [-0.3, -0.25) is 4.90 Å². The lowest BCUT2D eigenvalue weighted by Gasteiger charge is -2.36. The standard InChI is InChI=1S/C18H32N4/c1-16(2)12-22-15-19-11-18(22)14-21-9-7-20(8-10-21)13-17-5-3-4-6-17/h11,15-17H,3-10,12-14H2,1-2H3. The SMILES string of the molecule is CC(C)Cn1cncc1CN1CCN(CC2CCCC2)CC1. The smallest absolute Gasteiger partial charge is 0.0948 e. The fourth-order valence-electron chi connectivity index (χ4n) is 3.95. The second-order valence-corrected chi connectivity index (χ2v) is 7.66. The minimum absolute atomic E-state index is 0.677. The van der Waals surface area contributed by atoms with Crippen LogP contribution >= 0.6 is 0 Å². The van der Waals surface area contributed by atoms with Gasteiger partial charge in [-0.25, -0.2) is 4.98 Å². The maximum atomic E-state index is 4.35. The summed E-state index contributed by atoms with van der Waals surface area (Å²) >= 11 is 0. The van der Waals surface area contributed by atoms with Gasteiger partial charge in [0.1, 0.15) is 0 Å². The molecular weight excluding hydrogens is 272 g/mol. The first-order valence-corrected chi connectivity index (χ1v) is 9.14. The third kappa shape index (κ3) is 4.32. The lowest BCUT2D eigenvalue weighted by atomic mass is 10.1. The number of aromatic nitrogens is 2. The summed E-state index contributed by atoms with van der Waals surface area (Å²) in [5.74, 6) is 1.66. The lowest BCUT2D eigenvalue weighted by Crippen LogP contribution is -2.47. The normalized spacial score (nSPS) is 22.0. The number of nitrogens with zero attached hydrogens (tertiary/aromatic N) is 4. The van der Waals surface area contributed by atoms with E-state index < -0.39 is 0 Å². The minimum Gasteiger partial charge on any atom is -0.333 e. The number of hydrogen-bond acceptors (Lipinski definition) is 3. The summed E-state index contributed by atoms with van der Waals surface area (Å²) in [6.07, 6.45) is 9.90. The van der Waals surface area contributed by atoms with Crippen molar-refractivity contribution in [1.29, 1.82) is 0 Å². The van der Waals surface area contributed by atoms with Crippen molar-refractivity contribution in [2.45, 2.75) is 52.6 Å². The molecule has 0 bridgehead atoms. The number of hydrogen-bond donors (Lipinski definition) is 0. The van der Waals surface area contributed by atoms with Crippen LogP contribution < -0.4 is 0 Å². The van der Waals surface area contributed by atoms with Gasteiger partial charge in [0.2, 0.25) is 0 Å². The third-order valence-corrected chi connectivity index (χ3v) is 5.20. The predicted octanol–water partition coefficient (Wildman–Crippen LogP) is 2.85. The van der Waals surface area contributed by atoms with E-state index in [1.807, 2.05) is 12.5 Å². The first-order valence-electron chi connectivity index (χ1n) is 9.14. The highest BCUT2D eigenvalue weighted by atomic mass is 15.3. The van der Waals surface area contributed by atoms with E-state index in [-0.39, 0.29) is 0 Å². The van der Waals surface area contributed by atoms with Crippen molar-refractivity contribution < 1.29 is 0 Å². The molecule has 1 aromatic heterocycles. The molecule has 0 atom stereocenters. The highest BCUT2D eigenvalue weighted by Crippen LogP contribution is 2.25. The Morgan fingerprint density at radius 3 is 2.45 bits per heavy atom. The van der Waals surface area contributed by atoms with E-state index in [1.165, 1.54) is 64.1 Å². The van der Waals surface area contributed by atoms with Gasteiger partial charge in [0.25, 0.3) is 0 Å². The van der Waals surface area contributed by atoms with E-state index in [1.54, 1.807) is 0 Å². The van der Waals surface area contributed by atoms with Crippen molar-refractivity contribution in [3.05, 3.63) is 18.2 Å². The Morgan fingerprint density at radius 2 is 1.77 bits per heavy atom. The molecule has 0 unspecified atom stereocenters. The summed E-state index contributed by atoms with van der Waals surface area (Å²) in [5, 5.41) is 0. The zero-order chi connectivity index (χ0) is 15.4. The summed E-state index contributed by atoms with van der Waals surface area (Å²) in [5.41, 5.74) is 1.37. The fraction of sp³-hybridized carbons (Fsp3) is 0.833. The highest BCUT2D eigenvalue weighted by Gasteiger charge is 2.22. The van der Waals surface area contributed by atoms with E-state index in [4.69, 9.17) is 0 Å². The quantitative estimate of drug-likeness (QED) is 0.808. The largest absolute Gasteiger partial charge is 0.333 e. The van der Waals surface area contributed by atoms with Crippen LogP contribution in [0.15, 0.2) is 12.5 Å². The van der Waals surface area contributed by atoms with Gasteiger partial charge in [-0.2, -0.15) is 0 Å². The molecule has 0 N–H and O–H groups in total. The van der Waals surface area contributed by atoms with Crippen LogP contribution in [0.1, 0.15) is 45.2 Å². The highest BCUT2D eigenvalue weighted by molar-refractivity contribution is 4.99. The van der Waals surface area contributed by atoms with Crippen LogP contribution in [0, 0.1) is 11.8 Å². The molecule has 4 nitrogen and oxygen atoms in total. The average molecular weight is 304 g/mol. The van der Waals surface area contributed by atoms with Crippen LogP contribution in [0.2, 0.25) is 0 Å². The van der Waals surface area contributed by atoms with Gasteiger partial charge in [0.05, 0.1) is 12.0 Å². The van der Waals surface area contributed by atoms with Crippen molar-refractivity contribution in [3.63, 3.8) is 0 Å². The first-order chi connectivity index (χ1) is 10.7. The molecule has 1 aromatic rings. The van der Waals surface area contributed by atoms with Crippen molar-refractivity contribution in [2.24, 2.45) is 11.8 Å². The van der Waals surface area contributed by atoms with Crippen LogP contribution in [0.4, 0.5) is 0 Å². The van der Waals surface area contributed by atoms with E-state index in [2.05, 4.69) is 33.2 Å². The molecule has 0 spiro atoms. The maximum Gasteiger partial charge on any atom is 0.0948 e. The number of imidazole rings is 1. The molecule has 22 heavy (non-hydrogen) atoms. The number of piperazine rings is 1. The summed E-state index contributed by atoms with van der Waals surface area (Å²) in [7, 11) is 0. The zero-order valence-electron chi connectivity index (χ0n) is 14.4. The Morgan fingerprint density at radius 1 is 1.09 bits per heavy atom. The van der Waals surface area contributed by atoms with Gasteiger partial charge >= 0.3 is 0 Å². The van der Waals surface area contributed by atoms with Crippen LogP contribution in [-0.4, -0.2) is 52.1 Å². The second kappa shape index (κ2) is 7.60. The van der Waals surface area contributed by atoms with Crippen molar-refractivity contribution in [1.82, 2.24) is 19.4 Å². The Balaban J connectivity index is 1.44. The minimum atomic E-state index is 0.677. The monoisotopic (exact) mass is 304 g/mol. The Kier molecular flexibility index (Phi) is 5.53. The molecule has 1 saturated heterocycles. The summed E-state index contributed by atoms with van der Waals surface area (Å²) < 4.78 is 2.33.